The lowest BCUT2D eigenvalue weighted by Gasteiger charge is -2.58. The minimum absolute atomic E-state index is 0.151. The Balaban J connectivity index is 1.51. The van der Waals surface area contributed by atoms with Crippen LogP contribution in [-0.2, 0) is 4.79 Å². The zero-order chi connectivity index (χ0) is 21.7. The van der Waals surface area contributed by atoms with Crippen LogP contribution < -0.4 is 0 Å². The summed E-state index contributed by atoms with van der Waals surface area (Å²) in [5, 5.41) is 19.5. The molecule has 4 rings (SSSR count). The zero-order valence-corrected chi connectivity index (χ0v) is 19.7. The summed E-state index contributed by atoms with van der Waals surface area (Å²) in [5.41, 5.74) is 1.92. The van der Waals surface area contributed by atoms with Gasteiger partial charge in [-0.05, 0) is 91.8 Å². The van der Waals surface area contributed by atoms with Gasteiger partial charge in [-0.1, -0.05) is 45.8 Å². The number of ketones is 1. The van der Waals surface area contributed by atoms with Crippen LogP contribution in [0.4, 0.5) is 0 Å². The molecule has 4 aliphatic carbocycles. The van der Waals surface area contributed by atoms with E-state index in [1.54, 1.807) is 0 Å². The van der Waals surface area contributed by atoms with Crippen LogP contribution in [0, 0.1) is 46.3 Å². The molecule has 2 N–H and O–H groups in total. The van der Waals surface area contributed by atoms with E-state index in [2.05, 4.69) is 33.8 Å². The maximum Gasteiger partial charge on any atom is 0.137 e. The number of carbonyl (C=O) groups is 1. The van der Waals surface area contributed by atoms with E-state index in [1.165, 1.54) is 18.4 Å². The maximum absolute atomic E-state index is 13.3. The minimum Gasteiger partial charge on any atom is -0.396 e. The first-order valence-corrected chi connectivity index (χ1v) is 12.7. The molecule has 3 heteroatoms. The van der Waals surface area contributed by atoms with Gasteiger partial charge >= 0.3 is 0 Å². The third kappa shape index (κ3) is 3.62. The van der Waals surface area contributed by atoms with Gasteiger partial charge in [0.15, 0.2) is 0 Å². The summed E-state index contributed by atoms with van der Waals surface area (Å²) in [5.74, 6) is 3.44. The summed E-state index contributed by atoms with van der Waals surface area (Å²) in [6.45, 7) is 9.60. The topological polar surface area (TPSA) is 57.5 Å². The van der Waals surface area contributed by atoms with Gasteiger partial charge in [0.05, 0.1) is 6.10 Å². The smallest absolute Gasteiger partial charge is 0.137 e. The molecule has 3 fully saturated rings. The highest BCUT2D eigenvalue weighted by atomic mass is 16.3. The molecule has 0 radical (unpaired) electrons. The Morgan fingerprint density at radius 1 is 1.10 bits per heavy atom. The molecular formula is C27H44O3. The van der Waals surface area contributed by atoms with E-state index in [0.29, 0.717) is 35.4 Å². The van der Waals surface area contributed by atoms with Gasteiger partial charge in [-0.15, -0.1) is 0 Å². The van der Waals surface area contributed by atoms with E-state index < -0.39 is 0 Å². The van der Waals surface area contributed by atoms with Crippen LogP contribution in [0.15, 0.2) is 11.6 Å². The van der Waals surface area contributed by atoms with Crippen LogP contribution in [0.2, 0.25) is 0 Å². The molecule has 4 aliphatic rings. The first-order chi connectivity index (χ1) is 14.2. The van der Waals surface area contributed by atoms with Crippen molar-refractivity contribution in [1.82, 2.24) is 0 Å². The molecule has 3 saturated carbocycles. The average Bonchev–Trinajstić information content (AvgIpc) is 2.98. The molecule has 9 atom stereocenters. The SMILES string of the molecule is CC(CO)CCC[C@@H](C)[C@H]1C(=O)C[C@H]2[C@@H]3CC=C4CC(O)CC[C@]4(C)[C@H]3CC[C@]12C. The highest BCUT2D eigenvalue weighted by Gasteiger charge is 2.61. The number of hydrogen-bond donors (Lipinski definition) is 2. The fourth-order valence-electron chi connectivity index (χ4n) is 8.49. The van der Waals surface area contributed by atoms with Gasteiger partial charge in [0, 0.05) is 18.9 Å². The van der Waals surface area contributed by atoms with Gasteiger partial charge in [0.25, 0.3) is 0 Å². The summed E-state index contributed by atoms with van der Waals surface area (Å²) in [6.07, 6.45) is 12.9. The number of aliphatic hydroxyl groups excluding tert-OH is 2. The van der Waals surface area contributed by atoms with Crippen molar-refractivity contribution in [1.29, 1.82) is 0 Å². The maximum atomic E-state index is 13.3. The number of hydrogen-bond acceptors (Lipinski definition) is 3. The van der Waals surface area contributed by atoms with Crippen LogP contribution >= 0.6 is 0 Å². The summed E-state index contributed by atoms with van der Waals surface area (Å²) in [7, 11) is 0. The van der Waals surface area contributed by atoms with Gasteiger partial charge in [0.1, 0.15) is 5.78 Å². The second kappa shape index (κ2) is 8.35. The molecule has 170 valence electrons. The number of allylic oxidation sites excluding steroid dienone is 1. The molecular weight excluding hydrogens is 372 g/mol. The largest absolute Gasteiger partial charge is 0.396 e. The predicted octanol–water partition coefficient (Wildman–Crippen LogP) is 5.54. The zero-order valence-electron chi connectivity index (χ0n) is 19.7. The van der Waals surface area contributed by atoms with Crippen molar-refractivity contribution in [3.8, 4) is 0 Å². The van der Waals surface area contributed by atoms with Crippen LogP contribution in [0.5, 0.6) is 0 Å². The molecule has 0 amide bonds. The van der Waals surface area contributed by atoms with Crippen LogP contribution in [0.3, 0.4) is 0 Å². The standard InChI is InChI=1S/C27H44O3/c1-17(16-28)6-5-7-18(2)25-24(30)15-23-21-9-8-19-14-20(29)10-12-26(19,3)22(21)11-13-27(23,25)4/h8,17-18,20-23,25,28-29H,5-7,9-16H2,1-4H3/t17?,18-,20?,21-,22+,23+,25+,26+,27+/m1/s1. The number of fused-ring (bicyclic) bond motifs is 5. The lowest BCUT2D eigenvalue weighted by atomic mass is 9.47. The van der Waals surface area contributed by atoms with Crippen molar-refractivity contribution >= 4 is 5.78 Å². The predicted molar refractivity (Wildman–Crippen MR) is 121 cm³/mol. The molecule has 0 aliphatic heterocycles. The van der Waals surface area contributed by atoms with Crippen LogP contribution in [0.25, 0.3) is 0 Å². The highest BCUT2D eigenvalue weighted by Crippen LogP contribution is 2.66. The summed E-state index contributed by atoms with van der Waals surface area (Å²) in [6, 6.07) is 0. The summed E-state index contributed by atoms with van der Waals surface area (Å²) >= 11 is 0. The van der Waals surface area contributed by atoms with E-state index >= 15 is 0 Å². The molecule has 0 bridgehead atoms. The molecule has 0 heterocycles. The fourth-order valence-corrected chi connectivity index (χ4v) is 8.49. The fraction of sp³-hybridized carbons (Fsp3) is 0.889. The van der Waals surface area contributed by atoms with E-state index in [0.717, 1.165) is 51.4 Å². The second-order valence-electron chi connectivity index (χ2n) is 12.0. The minimum atomic E-state index is -0.151. The Morgan fingerprint density at radius 3 is 2.60 bits per heavy atom. The molecule has 0 saturated heterocycles. The van der Waals surface area contributed by atoms with E-state index in [-0.39, 0.29) is 29.5 Å². The van der Waals surface area contributed by atoms with Crippen molar-refractivity contribution in [2.75, 3.05) is 6.61 Å². The lowest BCUT2D eigenvalue weighted by Crippen LogP contribution is -2.51. The molecule has 30 heavy (non-hydrogen) atoms. The molecule has 0 aromatic carbocycles. The molecule has 3 nitrogen and oxygen atoms in total. The third-order valence-electron chi connectivity index (χ3n) is 10.2. The summed E-state index contributed by atoms with van der Waals surface area (Å²) in [4.78, 5) is 13.3. The molecule has 0 spiro atoms. The first-order valence-electron chi connectivity index (χ1n) is 12.7. The van der Waals surface area contributed by atoms with Crippen molar-refractivity contribution in [3.05, 3.63) is 11.6 Å². The third-order valence-corrected chi connectivity index (χ3v) is 10.2. The monoisotopic (exact) mass is 416 g/mol. The number of aliphatic hydroxyl groups is 2. The van der Waals surface area contributed by atoms with Gasteiger partial charge in [-0.2, -0.15) is 0 Å². The lowest BCUT2D eigenvalue weighted by molar-refractivity contribution is -0.124. The number of rotatable bonds is 6. The van der Waals surface area contributed by atoms with Crippen LogP contribution in [-0.4, -0.2) is 28.7 Å². The summed E-state index contributed by atoms with van der Waals surface area (Å²) < 4.78 is 0. The Labute approximate surface area is 183 Å². The van der Waals surface area contributed by atoms with Crippen molar-refractivity contribution in [3.63, 3.8) is 0 Å². The van der Waals surface area contributed by atoms with Crippen molar-refractivity contribution in [2.24, 2.45) is 46.3 Å². The highest BCUT2D eigenvalue weighted by molar-refractivity contribution is 5.85. The number of carbonyl (C=O) groups excluding carboxylic acids is 1. The Hall–Kier alpha value is -0.670. The molecule has 2 unspecified atom stereocenters. The van der Waals surface area contributed by atoms with Gasteiger partial charge in [-0.3, -0.25) is 4.79 Å². The Kier molecular flexibility index (Phi) is 6.27. The second-order valence-corrected chi connectivity index (χ2v) is 12.0. The normalized spacial score (nSPS) is 45.2. The molecule has 0 aromatic rings. The quantitative estimate of drug-likeness (QED) is 0.559. The Bertz CT molecular complexity index is 684. The van der Waals surface area contributed by atoms with Crippen LogP contribution in [0.1, 0.15) is 91.9 Å². The first kappa shape index (κ1) is 22.5. The van der Waals surface area contributed by atoms with E-state index in [4.69, 9.17) is 0 Å². The molecule has 0 aromatic heterocycles. The number of Topliss-reactive ketones (excluding diaryl/α,β-unsaturated/α-hetero) is 1. The average molecular weight is 417 g/mol. The van der Waals surface area contributed by atoms with Crippen molar-refractivity contribution < 1.29 is 15.0 Å². The van der Waals surface area contributed by atoms with Crippen molar-refractivity contribution in [2.45, 2.75) is 98.0 Å². The van der Waals surface area contributed by atoms with E-state index in [9.17, 15) is 15.0 Å². The Morgan fingerprint density at radius 2 is 1.87 bits per heavy atom. The van der Waals surface area contributed by atoms with Gasteiger partial charge < -0.3 is 10.2 Å². The van der Waals surface area contributed by atoms with Gasteiger partial charge in [0.2, 0.25) is 0 Å². The van der Waals surface area contributed by atoms with E-state index in [1.807, 2.05) is 0 Å². The van der Waals surface area contributed by atoms with Gasteiger partial charge in [-0.25, -0.2) is 0 Å².